The van der Waals surface area contributed by atoms with Crippen LogP contribution in [-0.2, 0) is 0 Å². The van der Waals surface area contributed by atoms with Crippen LogP contribution in [0, 0.1) is 11.3 Å². The summed E-state index contributed by atoms with van der Waals surface area (Å²) in [5.41, 5.74) is 1.45. The van der Waals surface area contributed by atoms with E-state index in [1.54, 1.807) is 24.3 Å². The van der Waals surface area contributed by atoms with Gasteiger partial charge in [-0.2, -0.15) is 5.26 Å². The quantitative estimate of drug-likeness (QED) is 0.713. The van der Waals surface area contributed by atoms with Crippen LogP contribution in [0.25, 0.3) is 0 Å². The number of hydrogen-bond acceptors (Lipinski definition) is 4. The lowest BCUT2D eigenvalue weighted by molar-refractivity contribution is 0.0528. The first-order valence-electron chi connectivity index (χ1n) is 4.59. The summed E-state index contributed by atoms with van der Waals surface area (Å²) in [6.45, 7) is 0. The zero-order valence-corrected chi connectivity index (χ0v) is 8.75. The van der Waals surface area contributed by atoms with Crippen molar-refractivity contribution < 1.29 is 10.2 Å². The third-order valence-corrected chi connectivity index (χ3v) is 2.16. The summed E-state index contributed by atoms with van der Waals surface area (Å²) in [6.07, 6.45) is -2.54. The van der Waals surface area contributed by atoms with Crippen LogP contribution < -0.4 is 4.90 Å². The van der Waals surface area contributed by atoms with Crippen LogP contribution in [0.4, 0.5) is 5.69 Å². The van der Waals surface area contributed by atoms with Crippen LogP contribution in [0.1, 0.15) is 11.7 Å². The maximum atomic E-state index is 9.60. The molecule has 1 aromatic carbocycles. The topological polar surface area (TPSA) is 67.5 Å². The van der Waals surface area contributed by atoms with Crippen LogP contribution in [0.3, 0.4) is 0 Å². The second-order valence-corrected chi connectivity index (χ2v) is 3.51. The average molecular weight is 206 g/mol. The Labute approximate surface area is 89.0 Å². The molecule has 80 valence electrons. The molecule has 0 saturated carbocycles. The zero-order valence-electron chi connectivity index (χ0n) is 8.75. The molecule has 0 amide bonds. The van der Waals surface area contributed by atoms with Crippen molar-refractivity contribution in [2.24, 2.45) is 0 Å². The molecule has 0 aromatic heterocycles. The zero-order chi connectivity index (χ0) is 11.4. The number of aliphatic hydroxyl groups excluding tert-OH is 2. The third kappa shape index (κ3) is 2.69. The molecule has 4 heteroatoms. The van der Waals surface area contributed by atoms with Crippen molar-refractivity contribution in [3.8, 4) is 6.07 Å². The van der Waals surface area contributed by atoms with Crippen LogP contribution >= 0.6 is 0 Å². The maximum Gasteiger partial charge on any atom is 0.170 e. The summed E-state index contributed by atoms with van der Waals surface area (Å²) in [4.78, 5) is 1.88. The molecule has 2 atom stereocenters. The molecule has 0 aliphatic heterocycles. The third-order valence-electron chi connectivity index (χ3n) is 2.16. The molecule has 0 spiro atoms. The first-order valence-corrected chi connectivity index (χ1v) is 4.59. The number of rotatable bonds is 3. The van der Waals surface area contributed by atoms with Gasteiger partial charge in [0, 0.05) is 19.8 Å². The number of nitrogens with zero attached hydrogens (tertiary/aromatic N) is 2. The maximum absolute atomic E-state index is 9.60. The number of aliphatic hydroxyl groups is 2. The molecule has 0 heterocycles. The van der Waals surface area contributed by atoms with E-state index in [-0.39, 0.29) is 0 Å². The average Bonchev–Trinajstić information content (AvgIpc) is 2.27. The van der Waals surface area contributed by atoms with Gasteiger partial charge in [-0.15, -0.1) is 0 Å². The second-order valence-electron chi connectivity index (χ2n) is 3.51. The van der Waals surface area contributed by atoms with Gasteiger partial charge in [0.15, 0.2) is 6.10 Å². The summed E-state index contributed by atoms with van der Waals surface area (Å²) >= 11 is 0. The minimum absolute atomic E-state index is 0.537. The monoisotopic (exact) mass is 206 g/mol. The molecule has 1 rings (SSSR count). The first-order chi connectivity index (χ1) is 7.06. The van der Waals surface area contributed by atoms with E-state index in [0.29, 0.717) is 5.56 Å². The second kappa shape index (κ2) is 4.78. The molecule has 1 aromatic rings. The Morgan fingerprint density at radius 1 is 1.33 bits per heavy atom. The molecular weight excluding hydrogens is 192 g/mol. The molecule has 0 radical (unpaired) electrons. The van der Waals surface area contributed by atoms with E-state index in [0.717, 1.165) is 5.69 Å². The molecule has 0 fully saturated rings. The predicted octanol–water partition coefficient (Wildman–Crippen LogP) is 0.670. The van der Waals surface area contributed by atoms with Crippen molar-refractivity contribution in [2.45, 2.75) is 12.2 Å². The van der Waals surface area contributed by atoms with Gasteiger partial charge in [0.2, 0.25) is 0 Å². The van der Waals surface area contributed by atoms with Gasteiger partial charge in [-0.3, -0.25) is 0 Å². The standard InChI is InChI=1S/C11H14N2O2/c1-13(2)9-5-3-4-8(6-9)11(15)10(14)7-12/h3-6,10-11,14-15H,1-2H3. The molecule has 2 N–H and O–H groups in total. The predicted molar refractivity (Wildman–Crippen MR) is 57.3 cm³/mol. The van der Waals surface area contributed by atoms with E-state index in [1.807, 2.05) is 25.1 Å². The summed E-state index contributed by atoms with van der Waals surface area (Å²) in [6, 6.07) is 8.68. The molecule has 2 unspecified atom stereocenters. The Morgan fingerprint density at radius 2 is 2.00 bits per heavy atom. The fourth-order valence-corrected chi connectivity index (χ4v) is 1.24. The number of hydrogen-bond donors (Lipinski definition) is 2. The normalized spacial score (nSPS) is 14.1. The van der Waals surface area contributed by atoms with Gasteiger partial charge in [0.25, 0.3) is 0 Å². The van der Waals surface area contributed by atoms with E-state index < -0.39 is 12.2 Å². The van der Waals surface area contributed by atoms with Crippen LogP contribution in [0.15, 0.2) is 24.3 Å². The van der Waals surface area contributed by atoms with Gasteiger partial charge < -0.3 is 15.1 Å². The van der Waals surface area contributed by atoms with Gasteiger partial charge in [-0.1, -0.05) is 12.1 Å². The number of nitriles is 1. The highest BCUT2D eigenvalue weighted by atomic mass is 16.3. The van der Waals surface area contributed by atoms with Crippen LogP contribution in [0.2, 0.25) is 0 Å². The summed E-state index contributed by atoms with van der Waals surface area (Å²) in [7, 11) is 3.76. The molecule has 15 heavy (non-hydrogen) atoms. The molecule has 0 bridgehead atoms. The SMILES string of the molecule is CN(C)c1cccc(C(O)C(O)C#N)c1. The van der Waals surface area contributed by atoms with E-state index >= 15 is 0 Å². The smallest absolute Gasteiger partial charge is 0.170 e. The Balaban J connectivity index is 2.96. The minimum atomic E-state index is -1.39. The van der Waals surface area contributed by atoms with Crippen LogP contribution in [0.5, 0.6) is 0 Å². The Hall–Kier alpha value is -1.57. The van der Waals surface area contributed by atoms with E-state index in [2.05, 4.69) is 0 Å². The Kier molecular flexibility index (Phi) is 3.67. The lowest BCUT2D eigenvalue weighted by atomic mass is 10.0. The molecule has 0 saturated heterocycles. The highest BCUT2D eigenvalue weighted by Crippen LogP contribution is 2.21. The molecule has 0 aliphatic rings. The van der Waals surface area contributed by atoms with Gasteiger partial charge in [0.05, 0.1) is 6.07 Å². The number of benzene rings is 1. The lowest BCUT2D eigenvalue weighted by Crippen LogP contribution is -2.16. The van der Waals surface area contributed by atoms with E-state index in [9.17, 15) is 10.2 Å². The molecule has 4 nitrogen and oxygen atoms in total. The highest BCUT2D eigenvalue weighted by molar-refractivity contribution is 5.47. The van der Waals surface area contributed by atoms with Crippen molar-refractivity contribution in [3.05, 3.63) is 29.8 Å². The minimum Gasteiger partial charge on any atom is -0.385 e. The molecular formula is C11H14N2O2. The van der Waals surface area contributed by atoms with Crippen molar-refractivity contribution in [3.63, 3.8) is 0 Å². The summed E-state index contributed by atoms with van der Waals surface area (Å²) in [5.74, 6) is 0. The van der Waals surface area contributed by atoms with Crippen LogP contribution in [-0.4, -0.2) is 30.4 Å². The molecule has 0 aliphatic carbocycles. The fourth-order valence-electron chi connectivity index (χ4n) is 1.24. The first kappa shape index (κ1) is 11.5. The lowest BCUT2D eigenvalue weighted by Gasteiger charge is -2.16. The van der Waals surface area contributed by atoms with Crippen molar-refractivity contribution >= 4 is 5.69 Å². The van der Waals surface area contributed by atoms with Gasteiger partial charge in [0.1, 0.15) is 6.10 Å². The van der Waals surface area contributed by atoms with Gasteiger partial charge in [-0.05, 0) is 17.7 Å². The fraction of sp³-hybridized carbons (Fsp3) is 0.364. The van der Waals surface area contributed by atoms with E-state index in [4.69, 9.17) is 5.26 Å². The van der Waals surface area contributed by atoms with E-state index in [1.165, 1.54) is 0 Å². The van der Waals surface area contributed by atoms with Crippen molar-refractivity contribution in [2.75, 3.05) is 19.0 Å². The highest BCUT2D eigenvalue weighted by Gasteiger charge is 2.17. The summed E-state index contributed by atoms with van der Waals surface area (Å²) < 4.78 is 0. The van der Waals surface area contributed by atoms with Crippen molar-refractivity contribution in [1.29, 1.82) is 5.26 Å². The van der Waals surface area contributed by atoms with Gasteiger partial charge >= 0.3 is 0 Å². The van der Waals surface area contributed by atoms with Gasteiger partial charge in [-0.25, -0.2) is 0 Å². The summed E-state index contributed by atoms with van der Waals surface area (Å²) in [5, 5.41) is 27.3. The largest absolute Gasteiger partial charge is 0.385 e. The Bertz CT molecular complexity index is 371. The van der Waals surface area contributed by atoms with Crippen molar-refractivity contribution in [1.82, 2.24) is 0 Å². The Morgan fingerprint density at radius 3 is 2.53 bits per heavy atom. The number of anilines is 1.